The fourth-order valence-corrected chi connectivity index (χ4v) is 3.91. The zero-order chi connectivity index (χ0) is 23.8. The Kier molecular flexibility index (Phi) is 10.6. The highest BCUT2D eigenvalue weighted by Crippen LogP contribution is 2.44. The minimum absolute atomic E-state index is 0.0398. The summed E-state index contributed by atoms with van der Waals surface area (Å²) in [7, 11) is 1.98. The molecule has 0 aliphatic carbocycles. The summed E-state index contributed by atoms with van der Waals surface area (Å²) < 4.78 is 8.29. The largest absolute Gasteiger partial charge is 0.504 e. The minimum atomic E-state index is -0.0398. The van der Waals surface area contributed by atoms with Crippen molar-refractivity contribution in [1.82, 2.24) is 4.31 Å². The number of hydrogen-bond acceptors (Lipinski definition) is 7. The molecule has 0 spiro atoms. The van der Waals surface area contributed by atoms with Gasteiger partial charge in [-0.1, -0.05) is 34.1 Å². The first-order valence-electron chi connectivity index (χ1n) is 10.3. The summed E-state index contributed by atoms with van der Waals surface area (Å²) in [6.07, 6.45) is 2.97. The highest BCUT2D eigenvalue weighted by molar-refractivity contribution is 7.99. The van der Waals surface area contributed by atoms with E-state index < -0.39 is 0 Å². The quantitative estimate of drug-likeness (QED) is 0.278. The zero-order valence-electron chi connectivity index (χ0n) is 19.9. The highest BCUT2D eigenvalue weighted by Gasteiger charge is 2.21. The lowest BCUT2D eigenvalue weighted by Gasteiger charge is -2.29. The van der Waals surface area contributed by atoms with Crippen LogP contribution in [-0.2, 0) is 6.54 Å². The lowest BCUT2D eigenvalue weighted by Crippen LogP contribution is -2.32. The third-order valence-corrected chi connectivity index (χ3v) is 6.57. The first-order valence-corrected chi connectivity index (χ1v) is 12.0. The fourth-order valence-electron chi connectivity index (χ4n) is 1.95. The van der Waals surface area contributed by atoms with Crippen molar-refractivity contribution in [3.8, 4) is 5.75 Å². The Balaban J connectivity index is 0.00000151. The maximum absolute atomic E-state index is 10.4. The SMILES string of the molecule is CC(C)c1coc(CN=C(N)C(N)=Nc2csc(SN(C)C(C)(C)C)c2O)c1.CCC. The maximum atomic E-state index is 10.4. The van der Waals surface area contributed by atoms with Crippen LogP contribution < -0.4 is 11.5 Å². The van der Waals surface area contributed by atoms with E-state index in [1.54, 1.807) is 11.6 Å². The molecule has 0 saturated heterocycles. The molecule has 0 aliphatic rings. The van der Waals surface area contributed by atoms with Crippen LogP contribution in [0.25, 0.3) is 0 Å². The van der Waals surface area contributed by atoms with Crippen molar-refractivity contribution >= 4 is 40.6 Å². The number of hydrogen-bond donors (Lipinski definition) is 3. The molecule has 5 N–H and O–H groups in total. The summed E-state index contributed by atoms with van der Waals surface area (Å²) in [5.74, 6) is 1.35. The average Bonchev–Trinajstić information content (AvgIpc) is 3.28. The van der Waals surface area contributed by atoms with Crippen molar-refractivity contribution in [2.45, 2.75) is 77.1 Å². The molecule has 2 heterocycles. The van der Waals surface area contributed by atoms with Gasteiger partial charge in [0.15, 0.2) is 17.4 Å². The Morgan fingerprint density at radius 3 is 2.39 bits per heavy atom. The summed E-state index contributed by atoms with van der Waals surface area (Å²) in [5.41, 5.74) is 13.3. The molecule has 9 heteroatoms. The highest BCUT2D eigenvalue weighted by atomic mass is 32.2. The van der Waals surface area contributed by atoms with E-state index in [0.29, 0.717) is 17.4 Å². The molecule has 0 unspecified atom stereocenters. The Morgan fingerprint density at radius 2 is 1.87 bits per heavy atom. The van der Waals surface area contributed by atoms with E-state index in [1.165, 1.54) is 29.7 Å². The smallest absolute Gasteiger partial charge is 0.167 e. The number of nitrogens with zero attached hydrogens (tertiary/aromatic N) is 3. The molecule has 7 nitrogen and oxygen atoms in total. The third kappa shape index (κ3) is 8.59. The lowest BCUT2D eigenvalue weighted by atomic mass is 10.1. The van der Waals surface area contributed by atoms with Crippen LogP contribution >= 0.6 is 23.3 Å². The van der Waals surface area contributed by atoms with E-state index in [4.69, 9.17) is 15.9 Å². The number of rotatable bonds is 6. The van der Waals surface area contributed by atoms with Gasteiger partial charge in [-0.15, -0.1) is 11.3 Å². The molecule has 0 aliphatic heterocycles. The monoisotopic (exact) mass is 467 g/mol. The molecule has 0 aromatic carbocycles. The summed E-state index contributed by atoms with van der Waals surface area (Å²) in [5, 5.41) is 12.2. The van der Waals surface area contributed by atoms with Gasteiger partial charge < -0.3 is 21.0 Å². The number of aromatic hydroxyl groups is 1. The summed E-state index contributed by atoms with van der Waals surface area (Å²) in [6.45, 7) is 15.0. The number of aliphatic imine (C=N–C) groups is 2. The Morgan fingerprint density at radius 1 is 1.26 bits per heavy atom. The van der Waals surface area contributed by atoms with Crippen LogP contribution in [0.15, 0.2) is 36.3 Å². The Bertz CT molecular complexity index is 879. The topological polar surface area (TPSA) is 113 Å². The molecule has 0 atom stereocenters. The van der Waals surface area contributed by atoms with Gasteiger partial charge in [0.1, 0.15) is 15.7 Å². The van der Waals surface area contributed by atoms with Crippen molar-refractivity contribution in [2.75, 3.05) is 7.05 Å². The molecule has 0 fully saturated rings. The normalized spacial score (nSPS) is 13.0. The number of amidine groups is 2. The van der Waals surface area contributed by atoms with Crippen molar-refractivity contribution < 1.29 is 9.52 Å². The van der Waals surface area contributed by atoms with Crippen LogP contribution in [0.4, 0.5) is 5.69 Å². The van der Waals surface area contributed by atoms with Crippen molar-refractivity contribution in [3.05, 3.63) is 29.0 Å². The summed E-state index contributed by atoms with van der Waals surface area (Å²) >= 11 is 2.87. The minimum Gasteiger partial charge on any atom is -0.504 e. The van der Waals surface area contributed by atoms with Crippen LogP contribution in [0.1, 0.15) is 72.1 Å². The van der Waals surface area contributed by atoms with Gasteiger partial charge in [-0.2, -0.15) is 0 Å². The van der Waals surface area contributed by atoms with E-state index in [0.717, 1.165) is 9.77 Å². The van der Waals surface area contributed by atoms with Crippen LogP contribution in [0.3, 0.4) is 0 Å². The van der Waals surface area contributed by atoms with Gasteiger partial charge in [0, 0.05) is 10.9 Å². The van der Waals surface area contributed by atoms with Crippen molar-refractivity contribution in [1.29, 1.82) is 0 Å². The Hall–Kier alpha value is -1.97. The molecule has 2 rings (SSSR count). The standard InChI is InChI=1S/C19H29N5O2S2.C3H8/c1-11(2)12-7-13(26-9-12)8-22-16(20)17(21)23-14-10-27-18(15(14)25)28-24(6)19(3,4)5;1-3-2/h7,9-11,25H,8H2,1-6H3,(H2,20,22)(H2,21,23);3H2,1-2H3. The van der Waals surface area contributed by atoms with E-state index in [1.807, 2.05) is 13.1 Å². The van der Waals surface area contributed by atoms with E-state index >= 15 is 0 Å². The predicted octanol–water partition coefficient (Wildman–Crippen LogP) is 5.87. The van der Waals surface area contributed by atoms with E-state index in [9.17, 15) is 5.11 Å². The Labute approximate surface area is 194 Å². The average molecular weight is 468 g/mol. The van der Waals surface area contributed by atoms with Crippen LogP contribution in [-0.4, -0.2) is 33.7 Å². The first-order chi connectivity index (χ1) is 14.4. The number of nitrogens with two attached hydrogens (primary N) is 2. The van der Waals surface area contributed by atoms with Gasteiger partial charge in [-0.3, -0.25) is 4.99 Å². The first kappa shape index (κ1) is 27.1. The molecular weight excluding hydrogens is 430 g/mol. The second kappa shape index (κ2) is 12.2. The van der Waals surface area contributed by atoms with Crippen LogP contribution in [0.5, 0.6) is 5.75 Å². The summed E-state index contributed by atoms with van der Waals surface area (Å²) in [6, 6.07) is 1.95. The second-order valence-corrected chi connectivity index (χ2v) is 10.7. The van der Waals surface area contributed by atoms with E-state index in [2.05, 4.69) is 62.8 Å². The molecular formula is C22H37N5O2S2. The predicted molar refractivity (Wildman–Crippen MR) is 135 cm³/mol. The fraction of sp³-hybridized carbons (Fsp3) is 0.545. The van der Waals surface area contributed by atoms with Gasteiger partial charge >= 0.3 is 0 Å². The lowest BCUT2D eigenvalue weighted by molar-refractivity contribution is 0.319. The van der Waals surface area contributed by atoms with Gasteiger partial charge in [0.2, 0.25) is 0 Å². The molecule has 0 bridgehead atoms. The van der Waals surface area contributed by atoms with Crippen molar-refractivity contribution in [3.63, 3.8) is 0 Å². The van der Waals surface area contributed by atoms with Crippen molar-refractivity contribution in [2.24, 2.45) is 21.5 Å². The van der Waals surface area contributed by atoms with Gasteiger partial charge in [-0.05, 0) is 57.3 Å². The van der Waals surface area contributed by atoms with E-state index in [-0.39, 0.29) is 29.5 Å². The number of furan rings is 1. The van der Waals surface area contributed by atoms with Gasteiger partial charge in [0.25, 0.3) is 0 Å². The van der Waals surface area contributed by atoms with Gasteiger partial charge in [-0.25, -0.2) is 9.30 Å². The number of thiophene rings is 1. The van der Waals surface area contributed by atoms with Gasteiger partial charge in [0.05, 0.1) is 12.8 Å². The molecule has 0 radical (unpaired) electrons. The molecule has 2 aromatic heterocycles. The van der Waals surface area contributed by atoms with Crippen LogP contribution in [0.2, 0.25) is 0 Å². The molecule has 0 saturated carbocycles. The molecule has 31 heavy (non-hydrogen) atoms. The van der Waals surface area contributed by atoms with Crippen LogP contribution in [0, 0.1) is 0 Å². The molecule has 174 valence electrons. The third-order valence-electron chi connectivity index (χ3n) is 4.13. The molecule has 0 amide bonds. The second-order valence-electron chi connectivity index (χ2n) is 8.42. The molecule has 2 aromatic rings. The zero-order valence-corrected chi connectivity index (χ0v) is 21.5. The summed E-state index contributed by atoms with van der Waals surface area (Å²) in [4.78, 5) is 8.46. The maximum Gasteiger partial charge on any atom is 0.167 e.